The lowest BCUT2D eigenvalue weighted by atomic mass is 9.94. The van der Waals surface area contributed by atoms with Crippen LogP contribution in [0.3, 0.4) is 0 Å². The fourth-order valence-electron chi connectivity index (χ4n) is 3.99. The van der Waals surface area contributed by atoms with E-state index in [9.17, 15) is 9.18 Å². The van der Waals surface area contributed by atoms with E-state index >= 15 is 0 Å². The second kappa shape index (κ2) is 7.43. The highest BCUT2D eigenvalue weighted by atomic mass is 19.1. The Morgan fingerprint density at radius 1 is 1.19 bits per heavy atom. The molecule has 1 amide bonds. The summed E-state index contributed by atoms with van der Waals surface area (Å²) in [7, 11) is 1.52. The number of methoxy groups -OCH3 is 1. The van der Waals surface area contributed by atoms with Gasteiger partial charge in [-0.3, -0.25) is 4.90 Å². The Labute approximate surface area is 158 Å². The van der Waals surface area contributed by atoms with E-state index in [1.54, 1.807) is 12.1 Å². The predicted octanol–water partition coefficient (Wildman–Crippen LogP) is 4.79. The van der Waals surface area contributed by atoms with Crippen molar-refractivity contribution in [3.05, 3.63) is 71.6 Å². The number of rotatable bonds is 4. The third-order valence-electron chi connectivity index (χ3n) is 5.33. The normalized spacial score (nSPS) is 21.0. The molecule has 27 heavy (non-hydrogen) atoms. The maximum absolute atomic E-state index is 14.4. The van der Waals surface area contributed by atoms with Gasteiger partial charge >= 0.3 is 6.09 Å². The van der Waals surface area contributed by atoms with Gasteiger partial charge in [-0.1, -0.05) is 36.4 Å². The zero-order valence-corrected chi connectivity index (χ0v) is 15.2. The summed E-state index contributed by atoms with van der Waals surface area (Å²) in [5, 5.41) is 0. The quantitative estimate of drug-likeness (QED) is 0.780. The Balaban J connectivity index is 1.48. The Hall–Kier alpha value is -2.82. The first kappa shape index (κ1) is 17.6. The second-order valence-electron chi connectivity index (χ2n) is 6.99. The number of fused-ring (bicyclic) bond motifs is 2. The average Bonchev–Trinajstić information content (AvgIpc) is 2.96. The second-order valence-corrected chi connectivity index (χ2v) is 6.99. The molecular weight excluding hydrogens is 345 g/mol. The van der Waals surface area contributed by atoms with Crippen LogP contribution in [-0.2, 0) is 11.3 Å². The number of halogens is 1. The summed E-state index contributed by atoms with van der Waals surface area (Å²) in [5.41, 5.74) is 2.51. The molecule has 2 aromatic carbocycles. The number of amides is 1. The molecule has 2 atom stereocenters. The van der Waals surface area contributed by atoms with Gasteiger partial charge in [-0.25, -0.2) is 9.18 Å². The van der Waals surface area contributed by atoms with E-state index in [1.165, 1.54) is 13.2 Å². The van der Waals surface area contributed by atoms with Gasteiger partial charge in [0.15, 0.2) is 0 Å². The van der Waals surface area contributed by atoms with Gasteiger partial charge in [0.05, 0.1) is 13.2 Å². The first-order chi connectivity index (χ1) is 13.2. The standard InChI is InChI=1S/C22H22FNO3/c1-26-19-9-10-20(21(23)13-19)16-11-17-7-8-18(12-16)24(17)22(25)27-14-15-5-3-2-4-6-15/h2-6,9-11,13,17-18H,7-8,12,14H2,1H3. The van der Waals surface area contributed by atoms with Gasteiger partial charge in [-0.15, -0.1) is 0 Å². The highest BCUT2D eigenvalue weighted by Gasteiger charge is 2.41. The molecule has 140 valence electrons. The molecular formula is C22H22FNO3. The summed E-state index contributed by atoms with van der Waals surface area (Å²) in [6.45, 7) is 0.263. The van der Waals surface area contributed by atoms with Crippen LogP contribution in [0.25, 0.3) is 5.57 Å². The van der Waals surface area contributed by atoms with Crippen LogP contribution in [-0.4, -0.2) is 30.2 Å². The van der Waals surface area contributed by atoms with E-state index in [0.29, 0.717) is 17.7 Å². The minimum absolute atomic E-state index is 0.0384. The van der Waals surface area contributed by atoms with E-state index in [2.05, 4.69) is 0 Å². The van der Waals surface area contributed by atoms with E-state index in [0.717, 1.165) is 24.0 Å². The molecule has 2 aliphatic rings. The van der Waals surface area contributed by atoms with Crippen LogP contribution in [0.4, 0.5) is 9.18 Å². The Morgan fingerprint density at radius 2 is 2.00 bits per heavy atom. The van der Waals surface area contributed by atoms with Crippen LogP contribution in [0.2, 0.25) is 0 Å². The van der Waals surface area contributed by atoms with E-state index < -0.39 is 0 Å². The number of carbonyl (C=O) groups is 1. The molecule has 2 unspecified atom stereocenters. The molecule has 5 heteroatoms. The molecule has 0 spiro atoms. The number of carbonyl (C=O) groups excluding carboxylic acids is 1. The van der Waals surface area contributed by atoms with Crippen LogP contribution in [0.1, 0.15) is 30.4 Å². The molecule has 0 aliphatic carbocycles. The van der Waals surface area contributed by atoms with Gasteiger partial charge in [-0.05, 0) is 42.5 Å². The number of benzene rings is 2. The molecule has 0 N–H and O–H groups in total. The lowest BCUT2D eigenvalue weighted by molar-refractivity contribution is 0.0832. The summed E-state index contributed by atoms with van der Waals surface area (Å²) in [5.74, 6) is 0.210. The highest BCUT2D eigenvalue weighted by Crippen LogP contribution is 2.40. The van der Waals surface area contributed by atoms with Gasteiger partial charge in [-0.2, -0.15) is 0 Å². The van der Waals surface area contributed by atoms with E-state index in [-0.39, 0.29) is 30.6 Å². The predicted molar refractivity (Wildman–Crippen MR) is 101 cm³/mol. The topological polar surface area (TPSA) is 38.8 Å². The lowest BCUT2D eigenvalue weighted by Crippen LogP contribution is -2.43. The minimum Gasteiger partial charge on any atom is -0.497 e. The number of ether oxygens (including phenoxy) is 2. The van der Waals surface area contributed by atoms with Crippen molar-refractivity contribution in [3.8, 4) is 5.75 Å². The zero-order valence-electron chi connectivity index (χ0n) is 15.2. The van der Waals surface area contributed by atoms with Crippen LogP contribution in [0.5, 0.6) is 5.75 Å². The van der Waals surface area contributed by atoms with Crippen molar-refractivity contribution in [2.45, 2.75) is 38.0 Å². The first-order valence-electron chi connectivity index (χ1n) is 9.19. The van der Waals surface area contributed by atoms with Crippen molar-refractivity contribution in [1.29, 1.82) is 0 Å². The molecule has 0 aromatic heterocycles. The SMILES string of the molecule is COc1ccc(C2=CC3CCC(C2)N3C(=O)OCc2ccccc2)c(F)c1. The monoisotopic (exact) mass is 367 g/mol. The van der Waals surface area contributed by atoms with Gasteiger partial charge in [0, 0.05) is 17.7 Å². The molecule has 0 saturated carbocycles. The average molecular weight is 367 g/mol. The van der Waals surface area contributed by atoms with Crippen molar-refractivity contribution in [3.63, 3.8) is 0 Å². The van der Waals surface area contributed by atoms with Gasteiger partial charge in [0.1, 0.15) is 18.2 Å². The maximum atomic E-state index is 14.4. The molecule has 2 bridgehead atoms. The Kier molecular flexibility index (Phi) is 4.84. The molecule has 1 fully saturated rings. The third-order valence-corrected chi connectivity index (χ3v) is 5.33. The molecule has 0 radical (unpaired) electrons. The van der Waals surface area contributed by atoms with Crippen LogP contribution in [0, 0.1) is 5.82 Å². The smallest absolute Gasteiger partial charge is 0.410 e. The van der Waals surface area contributed by atoms with E-state index in [1.807, 2.05) is 41.3 Å². The molecule has 1 saturated heterocycles. The summed E-state index contributed by atoms with van der Waals surface area (Å²) >= 11 is 0. The van der Waals surface area contributed by atoms with Gasteiger partial charge < -0.3 is 9.47 Å². The summed E-state index contributed by atoms with van der Waals surface area (Å²) in [6, 6.07) is 14.6. The molecule has 2 heterocycles. The van der Waals surface area contributed by atoms with Crippen molar-refractivity contribution in [2.24, 2.45) is 0 Å². The van der Waals surface area contributed by atoms with Crippen LogP contribution >= 0.6 is 0 Å². The number of hydrogen-bond acceptors (Lipinski definition) is 3. The fourth-order valence-corrected chi connectivity index (χ4v) is 3.99. The fraction of sp³-hybridized carbons (Fsp3) is 0.318. The van der Waals surface area contributed by atoms with Gasteiger partial charge in [0.2, 0.25) is 0 Å². The third kappa shape index (κ3) is 3.54. The molecule has 4 rings (SSSR count). The highest BCUT2D eigenvalue weighted by molar-refractivity contribution is 5.75. The first-order valence-corrected chi connectivity index (χ1v) is 9.19. The van der Waals surface area contributed by atoms with Crippen molar-refractivity contribution in [1.82, 2.24) is 4.90 Å². The van der Waals surface area contributed by atoms with Crippen molar-refractivity contribution in [2.75, 3.05) is 7.11 Å². The summed E-state index contributed by atoms with van der Waals surface area (Å²) in [6.07, 6.45) is 4.14. The zero-order chi connectivity index (χ0) is 18.8. The molecule has 2 aromatic rings. The lowest BCUT2D eigenvalue weighted by Gasteiger charge is -2.33. The molecule has 4 nitrogen and oxygen atoms in total. The largest absolute Gasteiger partial charge is 0.497 e. The van der Waals surface area contributed by atoms with Gasteiger partial charge in [0.25, 0.3) is 0 Å². The molecule has 2 aliphatic heterocycles. The van der Waals surface area contributed by atoms with Crippen molar-refractivity contribution >= 4 is 11.7 Å². The minimum atomic E-state index is -0.295. The van der Waals surface area contributed by atoms with Crippen molar-refractivity contribution < 1.29 is 18.7 Å². The van der Waals surface area contributed by atoms with Crippen LogP contribution in [0.15, 0.2) is 54.6 Å². The number of nitrogens with zero attached hydrogens (tertiary/aromatic N) is 1. The number of hydrogen-bond donors (Lipinski definition) is 0. The Morgan fingerprint density at radius 3 is 2.70 bits per heavy atom. The summed E-state index contributed by atoms with van der Waals surface area (Å²) < 4.78 is 25.0. The van der Waals surface area contributed by atoms with Crippen LogP contribution < -0.4 is 4.74 Å². The maximum Gasteiger partial charge on any atom is 0.410 e. The van der Waals surface area contributed by atoms with E-state index in [4.69, 9.17) is 9.47 Å². The Bertz CT molecular complexity index is 865. The summed E-state index contributed by atoms with van der Waals surface area (Å²) in [4.78, 5) is 14.4.